The Bertz CT molecular complexity index is 1070. The van der Waals surface area contributed by atoms with Gasteiger partial charge in [0.15, 0.2) is 5.82 Å². The average molecular weight is 405 g/mol. The molecule has 2 fully saturated rings. The first-order chi connectivity index (χ1) is 14.4. The van der Waals surface area contributed by atoms with Gasteiger partial charge in [0, 0.05) is 50.3 Å². The Morgan fingerprint density at radius 1 is 1.20 bits per heavy atom. The van der Waals surface area contributed by atoms with E-state index in [1.807, 2.05) is 6.07 Å². The van der Waals surface area contributed by atoms with Crippen molar-refractivity contribution < 1.29 is 14.7 Å². The molecule has 3 N–H and O–H groups in total. The molecule has 3 heterocycles. The van der Waals surface area contributed by atoms with Gasteiger partial charge in [-0.05, 0) is 25.0 Å². The van der Waals surface area contributed by atoms with Crippen LogP contribution < -0.4 is 10.6 Å². The number of likely N-dealkylation sites (tertiary alicyclic amines) is 1. The van der Waals surface area contributed by atoms with Crippen LogP contribution in [0.3, 0.4) is 0 Å². The molecule has 2 saturated heterocycles. The van der Waals surface area contributed by atoms with Crippen molar-refractivity contribution in [2.75, 3.05) is 31.6 Å². The number of aliphatic hydroxyl groups is 1. The van der Waals surface area contributed by atoms with Crippen molar-refractivity contribution in [3.63, 3.8) is 0 Å². The fraction of sp³-hybridized carbons (Fsp3) is 0.364. The summed E-state index contributed by atoms with van der Waals surface area (Å²) < 4.78 is 0. The van der Waals surface area contributed by atoms with Crippen LogP contribution in [0.5, 0.6) is 0 Å². The zero-order chi connectivity index (χ0) is 21.3. The standard InChI is InChI=1S/C22H23N5O3/c1-26-12-9-22(30,21(26)29)8-7-15-5-4-6-16(13-15)20-24-17(19(23)28)14-18(25-20)27-10-2-3-11-27/h4-6,13-14,30H,2-3,9-12H2,1H3,(H2,23,28). The van der Waals surface area contributed by atoms with E-state index in [1.54, 1.807) is 31.3 Å². The molecule has 2 aromatic rings. The summed E-state index contributed by atoms with van der Waals surface area (Å²) in [6, 6.07) is 8.79. The summed E-state index contributed by atoms with van der Waals surface area (Å²) in [5, 5.41) is 10.5. The molecule has 0 spiro atoms. The van der Waals surface area contributed by atoms with Gasteiger partial charge in [-0.3, -0.25) is 9.59 Å². The van der Waals surface area contributed by atoms with Gasteiger partial charge in [-0.2, -0.15) is 0 Å². The normalized spacial score (nSPS) is 20.9. The highest BCUT2D eigenvalue weighted by Gasteiger charge is 2.42. The molecule has 1 unspecified atom stereocenters. The maximum atomic E-state index is 12.1. The van der Waals surface area contributed by atoms with Crippen molar-refractivity contribution >= 4 is 17.6 Å². The Kier molecular flexibility index (Phi) is 5.14. The zero-order valence-electron chi connectivity index (χ0n) is 16.8. The predicted molar refractivity (Wildman–Crippen MR) is 112 cm³/mol. The molecule has 8 nitrogen and oxygen atoms in total. The van der Waals surface area contributed by atoms with E-state index < -0.39 is 11.5 Å². The summed E-state index contributed by atoms with van der Waals surface area (Å²) >= 11 is 0. The fourth-order valence-electron chi connectivity index (χ4n) is 3.68. The lowest BCUT2D eigenvalue weighted by Crippen LogP contribution is -2.37. The third-order valence-corrected chi connectivity index (χ3v) is 5.44. The van der Waals surface area contributed by atoms with Crippen LogP contribution in [-0.2, 0) is 4.79 Å². The molecule has 4 rings (SSSR count). The molecule has 0 bridgehead atoms. The highest BCUT2D eigenvalue weighted by Crippen LogP contribution is 2.24. The summed E-state index contributed by atoms with van der Waals surface area (Å²) in [6.07, 6.45) is 2.43. The van der Waals surface area contributed by atoms with Crippen LogP contribution in [0.4, 0.5) is 5.82 Å². The summed E-state index contributed by atoms with van der Waals surface area (Å²) in [4.78, 5) is 36.4. The average Bonchev–Trinajstić information content (AvgIpc) is 3.38. The smallest absolute Gasteiger partial charge is 0.267 e. The number of rotatable bonds is 3. The van der Waals surface area contributed by atoms with E-state index in [-0.39, 0.29) is 18.0 Å². The van der Waals surface area contributed by atoms with Gasteiger partial charge in [-0.25, -0.2) is 9.97 Å². The Labute approximate surface area is 174 Å². The van der Waals surface area contributed by atoms with Gasteiger partial charge in [0.05, 0.1) is 0 Å². The second-order valence-corrected chi connectivity index (χ2v) is 7.66. The van der Waals surface area contributed by atoms with Crippen molar-refractivity contribution in [1.82, 2.24) is 14.9 Å². The first-order valence-corrected chi connectivity index (χ1v) is 9.91. The van der Waals surface area contributed by atoms with Crippen LogP contribution >= 0.6 is 0 Å². The van der Waals surface area contributed by atoms with E-state index in [0.29, 0.717) is 29.3 Å². The number of carbonyl (C=O) groups excluding carboxylic acids is 2. The van der Waals surface area contributed by atoms with E-state index in [4.69, 9.17) is 5.73 Å². The quantitative estimate of drug-likeness (QED) is 0.730. The number of likely N-dealkylation sites (N-methyl/N-ethyl adjacent to an activating group) is 1. The van der Waals surface area contributed by atoms with Crippen LogP contribution in [0.25, 0.3) is 11.4 Å². The maximum absolute atomic E-state index is 12.1. The monoisotopic (exact) mass is 405 g/mol. The molecule has 0 aliphatic carbocycles. The van der Waals surface area contributed by atoms with Gasteiger partial charge >= 0.3 is 0 Å². The summed E-state index contributed by atoms with van der Waals surface area (Å²) in [5.41, 5.74) is 5.27. The summed E-state index contributed by atoms with van der Waals surface area (Å²) in [5.74, 6) is 5.66. The predicted octanol–water partition coefficient (Wildman–Crippen LogP) is 0.787. The van der Waals surface area contributed by atoms with Crippen LogP contribution in [-0.4, -0.2) is 64.1 Å². The molecule has 0 saturated carbocycles. The molecule has 0 radical (unpaired) electrons. The largest absolute Gasteiger partial charge is 0.369 e. The number of aromatic nitrogens is 2. The first-order valence-electron chi connectivity index (χ1n) is 9.91. The zero-order valence-corrected chi connectivity index (χ0v) is 16.8. The van der Waals surface area contributed by atoms with Gasteiger partial charge in [0.1, 0.15) is 11.5 Å². The molecule has 154 valence electrons. The molecular formula is C22H23N5O3. The minimum Gasteiger partial charge on any atom is -0.369 e. The van der Waals surface area contributed by atoms with E-state index in [2.05, 4.69) is 26.7 Å². The number of nitrogens with two attached hydrogens (primary N) is 1. The second kappa shape index (κ2) is 7.76. The Balaban J connectivity index is 1.68. The number of primary amides is 1. The lowest BCUT2D eigenvalue weighted by molar-refractivity contribution is -0.137. The van der Waals surface area contributed by atoms with Crippen molar-refractivity contribution in [2.24, 2.45) is 5.73 Å². The SMILES string of the molecule is CN1CCC(O)(C#Cc2cccc(-c3nc(C(N)=O)cc(N4CCCC4)n3)c2)C1=O. The molecule has 30 heavy (non-hydrogen) atoms. The van der Waals surface area contributed by atoms with Gasteiger partial charge in [0.25, 0.3) is 11.8 Å². The molecule has 1 atom stereocenters. The first kappa shape index (κ1) is 19.9. The minimum absolute atomic E-state index is 0.160. The van der Waals surface area contributed by atoms with E-state index in [1.165, 1.54) is 4.90 Å². The van der Waals surface area contributed by atoms with Crippen LogP contribution in [0.2, 0.25) is 0 Å². The maximum Gasteiger partial charge on any atom is 0.267 e. The van der Waals surface area contributed by atoms with Crippen molar-refractivity contribution in [3.05, 3.63) is 41.6 Å². The number of benzene rings is 1. The van der Waals surface area contributed by atoms with Gasteiger partial charge in [-0.1, -0.05) is 24.0 Å². The number of amides is 2. The number of hydrogen-bond donors (Lipinski definition) is 2. The van der Waals surface area contributed by atoms with Gasteiger partial charge in [-0.15, -0.1) is 0 Å². The Morgan fingerprint density at radius 3 is 2.63 bits per heavy atom. The molecule has 2 aliphatic rings. The highest BCUT2D eigenvalue weighted by molar-refractivity contribution is 5.92. The molecule has 2 aliphatic heterocycles. The number of nitrogens with zero attached hydrogens (tertiary/aromatic N) is 4. The topological polar surface area (TPSA) is 113 Å². The summed E-state index contributed by atoms with van der Waals surface area (Å²) in [7, 11) is 1.64. The summed E-state index contributed by atoms with van der Waals surface area (Å²) in [6.45, 7) is 2.22. The van der Waals surface area contributed by atoms with Crippen LogP contribution in [0.15, 0.2) is 30.3 Å². The van der Waals surface area contributed by atoms with E-state index in [0.717, 1.165) is 25.9 Å². The number of anilines is 1. The highest BCUT2D eigenvalue weighted by atomic mass is 16.3. The lowest BCUT2D eigenvalue weighted by Gasteiger charge is -2.17. The van der Waals surface area contributed by atoms with Crippen LogP contribution in [0, 0.1) is 11.8 Å². The number of hydrogen-bond acceptors (Lipinski definition) is 6. The molecule has 2 amide bonds. The molecule has 8 heteroatoms. The van der Waals surface area contributed by atoms with Crippen molar-refractivity contribution in [2.45, 2.75) is 24.9 Å². The third-order valence-electron chi connectivity index (χ3n) is 5.44. The molecule has 1 aromatic carbocycles. The molecular weight excluding hydrogens is 382 g/mol. The van der Waals surface area contributed by atoms with Crippen molar-refractivity contribution in [1.29, 1.82) is 0 Å². The van der Waals surface area contributed by atoms with E-state index >= 15 is 0 Å². The van der Waals surface area contributed by atoms with Crippen LogP contribution in [0.1, 0.15) is 35.3 Å². The van der Waals surface area contributed by atoms with Crippen molar-refractivity contribution in [3.8, 4) is 23.2 Å². The minimum atomic E-state index is -1.66. The Hall–Kier alpha value is -3.44. The fourth-order valence-corrected chi connectivity index (χ4v) is 3.68. The van der Waals surface area contributed by atoms with Gasteiger partial charge < -0.3 is 20.6 Å². The third kappa shape index (κ3) is 3.84. The van der Waals surface area contributed by atoms with Gasteiger partial charge in [0.2, 0.25) is 5.60 Å². The lowest BCUT2D eigenvalue weighted by atomic mass is 10.0. The second-order valence-electron chi connectivity index (χ2n) is 7.66. The molecule has 1 aromatic heterocycles. The number of carbonyl (C=O) groups is 2. The van der Waals surface area contributed by atoms with E-state index in [9.17, 15) is 14.7 Å². The Morgan fingerprint density at radius 2 is 1.97 bits per heavy atom.